The summed E-state index contributed by atoms with van der Waals surface area (Å²) >= 11 is 1.55. The molecule has 2 rings (SSSR count). The summed E-state index contributed by atoms with van der Waals surface area (Å²) in [6.45, 7) is 0. The van der Waals surface area contributed by atoms with Crippen LogP contribution in [0.5, 0.6) is 0 Å². The Hall–Kier alpha value is -1.97. The van der Waals surface area contributed by atoms with E-state index >= 15 is 0 Å². The highest BCUT2D eigenvalue weighted by atomic mass is 32.2. The van der Waals surface area contributed by atoms with Gasteiger partial charge in [-0.05, 0) is 48.7 Å². The monoisotopic (exact) mass is 304 g/mol. The van der Waals surface area contributed by atoms with Crippen LogP contribution in [0.25, 0.3) is 0 Å². The van der Waals surface area contributed by atoms with Gasteiger partial charge in [0.05, 0.1) is 22.2 Å². The van der Waals surface area contributed by atoms with E-state index in [1.54, 1.807) is 54.2 Å². The van der Waals surface area contributed by atoms with Crippen molar-refractivity contribution in [2.75, 3.05) is 11.0 Å². The van der Waals surface area contributed by atoms with E-state index in [1.165, 1.54) is 6.07 Å². The number of nitriles is 1. The van der Waals surface area contributed by atoms with Crippen LogP contribution < -0.4 is 4.72 Å². The molecule has 20 heavy (non-hydrogen) atoms. The van der Waals surface area contributed by atoms with E-state index in [0.717, 1.165) is 4.90 Å². The minimum Gasteiger partial charge on any atom is -0.280 e. The van der Waals surface area contributed by atoms with Crippen LogP contribution in [-0.2, 0) is 10.0 Å². The molecular weight excluding hydrogens is 292 g/mol. The van der Waals surface area contributed by atoms with Crippen molar-refractivity contribution < 1.29 is 8.42 Å². The number of sulfonamides is 1. The van der Waals surface area contributed by atoms with Gasteiger partial charge in [-0.1, -0.05) is 6.07 Å². The number of rotatable bonds is 4. The summed E-state index contributed by atoms with van der Waals surface area (Å²) in [5.41, 5.74) is 0.779. The fourth-order valence-corrected chi connectivity index (χ4v) is 3.08. The zero-order chi connectivity index (χ0) is 14.6. The first kappa shape index (κ1) is 14.4. The molecule has 0 heterocycles. The van der Waals surface area contributed by atoms with Crippen molar-refractivity contribution in [2.45, 2.75) is 9.79 Å². The van der Waals surface area contributed by atoms with Gasteiger partial charge in [0.15, 0.2) is 0 Å². The van der Waals surface area contributed by atoms with E-state index in [4.69, 9.17) is 5.26 Å². The molecule has 0 amide bonds. The molecule has 0 atom stereocenters. The second kappa shape index (κ2) is 5.99. The third-order valence-electron chi connectivity index (χ3n) is 2.61. The molecule has 0 aliphatic rings. The minimum absolute atomic E-state index is 0.192. The fraction of sp³-hybridized carbons (Fsp3) is 0.0714. The van der Waals surface area contributed by atoms with Crippen molar-refractivity contribution >= 4 is 27.5 Å². The Bertz CT molecular complexity index is 747. The first-order chi connectivity index (χ1) is 9.55. The normalized spacial score (nSPS) is 10.8. The van der Waals surface area contributed by atoms with Crippen LogP contribution in [0.4, 0.5) is 5.69 Å². The van der Waals surface area contributed by atoms with E-state index in [0.29, 0.717) is 11.3 Å². The largest absolute Gasteiger partial charge is 0.280 e. The van der Waals surface area contributed by atoms with E-state index in [2.05, 4.69) is 4.72 Å². The number of nitrogens with zero attached hydrogens (tertiary/aromatic N) is 1. The molecule has 0 aliphatic heterocycles. The zero-order valence-electron chi connectivity index (χ0n) is 10.7. The van der Waals surface area contributed by atoms with Crippen LogP contribution in [0.3, 0.4) is 0 Å². The van der Waals surface area contributed by atoms with Crippen molar-refractivity contribution in [2.24, 2.45) is 0 Å². The van der Waals surface area contributed by atoms with Crippen molar-refractivity contribution in [1.82, 2.24) is 0 Å². The predicted octanol–water partition coefficient (Wildman–Crippen LogP) is 3.08. The fourth-order valence-electron chi connectivity index (χ4n) is 1.62. The number of nitrogens with one attached hydrogen (secondary N) is 1. The topological polar surface area (TPSA) is 70.0 Å². The Morgan fingerprint density at radius 2 is 1.85 bits per heavy atom. The predicted molar refractivity (Wildman–Crippen MR) is 80.2 cm³/mol. The second-order valence-electron chi connectivity index (χ2n) is 3.97. The van der Waals surface area contributed by atoms with Gasteiger partial charge in [0.25, 0.3) is 10.0 Å². The van der Waals surface area contributed by atoms with Crippen molar-refractivity contribution in [3.05, 3.63) is 54.1 Å². The lowest BCUT2D eigenvalue weighted by Gasteiger charge is -2.08. The van der Waals surface area contributed by atoms with Gasteiger partial charge in [-0.25, -0.2) is 8.42 Å². The summed E-state index contributed by atoms with van der Waals surface area (Å²) in [6.07, 6.45) is 1.93. The molecule has 0 radical (unpaired) electrons. The van der Waals surface area contributed by atoms with Crippen LogP contribution in [-0.4, -0.2) is 14.7 Å². The van der Waals surface area contributed by atoms with Crippen LogP contribution in [0.2, 0.25) is 0 Å². The smallest absolute Gasteiger partial charge is 0.261 e. The Balaban J connectivity index is 2.28. The molecule has 0 fully saturated rings. The summed E-state index contributed by atoms with van der Waals surface area (Å²) in [6, 6.07) is 14.9. The molecular formula is C14H12N2O2S2. The van der Waals surface area contributed by atoms with Gasteiger partial charge in [-0.15, -0.1) is 11.8 Å². The van der Waals surface area contributed by atoms with Gasteiger partial charge >= 0.3 is 0 Å². The highest BCUT2D eigenvalue weighted by Gasteiger charge is 2.14. The van der Waals surface area contributed by atoms with Crippen LogP contribution in [0, 0.1) is 11.3 Å². The van der Waals surface area contributed by atoms with Crippen LogP contribution in [0.15, 0.2) is 58.3 Å². The SMILES string of the molecule is CSc1ccc(S(=O)(=O)Nc2cccc(C#N)c2)cc1. The first-order valence-electron chi connectivity index (χ1n) is 5.72. The average molecular weight is 304 g/mol. The second-order valence-corrected chi connectivity index (χ2v) is 6.54. The molecule has 1 N–H and O–H groups in total. The molecule has 2 aromatic carbocycles. The summed E-state index contributed by atoms with van der Waals surface area (Å²) in [5, 5.41) is 8.81. The molecule has 4 nitrogen and oxygen atoms in total. The Morgan fingerprint density at radius 1 is 1.15 bits per heavy atom. The quantitative estimate of drug-likeness (QED) is 0.881. The third-order valence-corrected chi connectivity index (χ3v) is 4.75. The number of anilines is 1. The number of hydrogen-bond donors (Lipinski definition) is 1. The molecule has 102 valence electrons. The molecule has 2 aromatic rings. The maximum absolute atomic E-state index is 12.2. The molecule has 0 saturated carbocycles. The van der Waals surface area contributed by atoms with Gasteiger partial charge in [-0.2, -0.15) is 5.26 Å². The van der Waals surface area contributed by atoms with Crippen molar-refractivity contribution in [3.63, 3.8) is 0 Å². The van der Waals surface area contributed by atoms with E-state index in [1.807, 2.05) is 12.3 Å². The van der Waals surface area contributed by atoms with Gasteiger partial charge in [0, 0.05) is 4.90 Å². The van der Waals surface area contributed by atoms with Crippen LogP contribution in [0.1, 0.15) is 5.56 Å². The molecule has 6 heteroatoms. The van der Waals surface area contributed by atoms with Gasteiger partial charge in [0.2, 0.25) is 0 Å². The summed E-state index contributed by atoms with van der Waals surface area (Å²) in [5.74, 6) is 0. The van der Waals surface area contributed by atoms with Gasteiger partial charge < -0.3 is 0 Å². The lowest BCUT2D eigenvalue weighted by Crippen LogP contribution is -2.12. The summed E-state index contributed by atoms with van der Waals surface area (Å²) < 4.78 is 26.9. The maximum Gasteiger partial charge on any atom is 0.261 e. The maximum atomic E-state index is 12.2. The minimum atomic E-state index is -3.63. The lowest BCUT2D eigenvalue weighted by molar-refractivity contribution is 0.601. The molecule has 0 spiro atoms. The summed E-state index contributed by atoms with van der Waals surface area (Å²) in [7, 11) is -3.63. The number of thioether (sulfide) groups is 1. The number of benzene rings is 2. The highest BCUT2D eigenvalue weighted by molar-refractivity contribution is 7.98. The standard InChI is InChI=1S/C14H12N2O2S2/c1-19-13-5-7-14(8-6-13)20(17,18)16-12-4-2-3-11(9-12)10-15/h2-9,16H,1H3. The third kappa shape index (κ3) is 3.32. The van der Waals surface area contributed by atoms with Crippen molar-refractivity contribution in [1.29, 1.82) is 5.26 Å². The van der Waals surface area contributed by atoms with E-state index in [9.17, 15) is 8.42 Å². The Labute approximate surface area is 122 Å². The first-order valence-corrected chi connectivity index (χ1v) is 8.43. The highest BCUT2D eigenvalue weighted by Crippen LogP contribution is 2.20. The molecule has 0 bridgehead atoms. The van der Waals surface area contributed by atoms with Gasteiger partial charge in [0.1, 0.15) is 0 Å². The summed E-state index contributed by atoms with van der Waals surface area (Å²) in [4.78, 5) is 1.19. The molecule has 0 unspecified atom stereocenters. The van der Waals surface area contributed by atoms with E-state index < -0.39 is 10.0 Å². The van der Waals surface area contributed by atoms with Crippen molar-refractivity contribution in [3.8, 4) is 6.07 Å². The Morgan fingerprint density at radius 3 is 2.45 bits per heavy atom. The molecule has 0 aromatic heterocycles. The Kier molecular flexibility index (Phi) is 4.32. The molecule has 0 aliphatic carbocycles. The average Bonchev–Trinajstić information content (AvgIpc) is 2.47. The van der Waals surface area contributed by atoms with Crippen LogP contribution >= 0.6 is 11.8 Å². The lowest BCUT2D eigenvalue weighted by atomic mass is 10.2. The number of hydrogen-bond acceptors (Lipinski definition) is 4. The molecule has 0 saturated heterocycles. The van der Waals surface area contributed by atoms with E-state index in [-0.39, 0.29) is 4.90 Å². The van der Waals surface area contributed by atoms with Gasteiger partial charge in [-0.3, -0.25) is 4.72 Å². The zero-order valence-corrected chi connectivity index (χ0v) is 12.3.